The van der Waals surface area contributed by atoms with Gasteiger partial charge in [0.15, 0.2) is 6.10 Å². The van der Waals surface area contributed by atoms with Gasteiger partial charge in [-0.2, -0.15) is 0 Å². The zero-order valence-electron chi connectivity index (χ0n) is 43.3. The average Bonchev–Trinajstić information content (AvgIpc) is 3.34. The third-order valence-corrected chi connectivity index (χ3v) is 10.7. The van der Waals surface area contributed by atoms with Crippen molar-refractivity contribution in [2.75, 3.05) is 13.2 Å². The van der Waals surface area contributed by atoms with Gasteiger partial charge in [-0.05, 0) is 116 Å². The number of ether oxygens (including phenoxy) is 3. The van der Waals surface area contributed by atoms with Crippen molar-refractivity contribution in [3.05, 3.63) is 146 Å². The van der Waals surface area contributed by atoms with Gasteiger partial charge in [0, 0.05) is 19.3 Å². The summed E-state index contributed by atoms with van der Waals surface area (Å²) in [6.07, 6.45) is 78.3. The smallest absolute Gasteiger partial charge is 0.306 e. The van der Waals surface area contributed by atoms with Crippen LogP contribution in [0.1, 0.15) is 207 Å². The van der Waals surface area contributed by atoms with Gasteiger partial charge in [0.2, 0.25) is 0 Å². The van der Waals surface area contributed by atoms with Crippen molar-refractivity contribution >= 4 is 17.9 Å². The van der Waals surface area contributed by atoms with Gasteiger partial charge in [-0.25, -0.2) is 0 Å². The number of allylic oxidation sites excluding steroid dienone is 24. The van der Waals surface area contributed by atoms with Gasteiger partial charge in [0.05, 0.1) is 0 Å². The summed E-state index contributed by atoms with van der Waals surface area (Å²) in [6.45, 7) is 6.19. The lowest BCUT2D eigenvalue weighted by atomic mass is 10.1. The second kappa shape index (κ2) is 54.9. The summed E-state index contributed by atoms with van der Waals surface area (Å²) in [6, 6.07) is 0. The number of carbonyl (C=O) groups excluding carboxylic acids is 3. The van der Waals surface area contributed by atoms with Crippen LogP contribution in [0.2, 0.25) is 0 Å². The van der Waals surface area contributed by atoms with Gasteiger partial charge >= 0.3 is 17.9 Å². The van der Waals surface area contributed by atoms with Crippen molar-refractivity contribution in [3.63, 3.8) is 0 Å². The van der Waals surface area contributed by atoms with Crippen LogP contribution in [0.5, 0.6) is 0 Å². The Bertz CT molecular complexity index is 1540. The molecule has 0 spiro atoms. The van der Waals surface area contributed by atoms with Crippen molar-refractivity contribution in [2.45, 2.75) is 213 Å². The van der Waals surface area contributed by atoms with Gasteiger partial charge in [0.1, 0.15) is 13.2 Å². The summed E-state index contributed by atoms with van der Waals surface area (Å²) in [4.78, 5) is 38.1. The Morgan fingerprint density at radius 3 is 1.01 bits per heavy atom. The van der Waals surface area contributed by atoms with E-state index in [4.69, 9.17) is 14.2 Å². The number of rotatable bonds is 46. The second-order valence-corrected chi connectivity index (χ2v) is 17.1. The first-order chi connectivity index (χ1) is 33.5. The molecule has 0 aromatic rings. The summed E-state index contributed by atoms with van der Waals surface area (Å²) in [7, 11) is 0. The zero-order valence-corrected chi connectivity index (χ0v) is 43.3. The highest BCUT2D eigenvalue weighted by Gasteiger charge is 2.19. The molecule has 0 aliphatic heterocycles. The molecule has 1 unspecified atom stereocenters. The van der Waals surface area contributed by atoms with E-state index in [-0.39, 0.29) is 37.5 Å². The highest BCUT2D eigenvalue weighted by molar-refractivity contribution is 5.71. The SMILES string of the molecule is CC\C=C/C=C\C=C/C=C\CCCCCCCC(=O)OCC(COC(=O)CCCCCCCC/C=C\C/C=C\C/C=C\C/C=C\CC)OC(=O)CCCCC/C=C\C/C=C\C/C=C\C/C=C\CC. The van der Waals surface area contributed by atoms with Crippen LogP contribution in [0.15, 0.2) is 146 Å². The highest BCUT2D eigenvalue weighted by Crippen LogP contribution is 2.13. The minimum atomic E-state index is -0.818. The molecule has 1 atom stereocenters. The fourth-order valence-corrected chi connectivity index (χ4v) is 6.73. The van der Waals surface area contributed by atoms with E-state index in [0.717, 1.165) is 148 Å². The summed E-state index contributed by atoms with van der Waals surface area (Å²) in [5, 5.41) is 0. The van der Waals surface area contributed by atoms with E-state index in [0.29, 0.717) is 19.3 Å². The average molecular weight is 937 g/mol. The third-order valence-electron chi connectivity index (χ3n) is 10.7. The summed E-state index contributed by atoms with van der Waals surface area (Å²) < 4.78 is 16.8. The first-order valence-corrected chi connectivity index (χ1v) is 26.9. The fraction of sp³-hybridized carbons (Fsp3) is 0.565. The molecule has 0 aromatic carbocycles. The number of unbranched alkanes of at least 4 members (excludes halogenated alkanes) is 14. The Hall–Kier alpha value is -4.71. The monoisotopic (exact) mass is 937 g/mol. The van der Waals surface area contributed by atoms with Gasteiger partial charge in [-0.1, -0.05) is 218 Å². The van der Waals surface area contributed by atoms with Crippen LogP contribution in [-0.4, -0.2) is 37.2 Å². The van der Waals surface area contributed by atoms with Crippen LogP contribution in [0, 0.1) is 0 Å². The molecule has 0 radical (unpaired) electrons. The summed E-state index contributed by atoms with van der Waals surface area (Å²) in [5.74, 6) is -0.990. The Kier molecular flexibility index (Phi) is 51.1. The fourth-order valence-electron chi connectivity index (χ4n) is 6.73. The standard InChI is InChI=1S/C62H96O6/c1-4-7-10-13-16-19-22-25-28-30-31-32-35-37-40-43-46-49-52-55-61(64)67-58-59(57-66-60(63)54-51-48-45-42-39-36-33-27-24-21-18-15-12-9-6-3)68-62(65)56-53-50-47-44-41-38-34-29-26-23-20-17-14-11-8-5-2/h7-12,15-21,24-29,31-33,38,41,59H,4-6,13-14,22-23,30,34-37,39-40,42-58H2,1-3H3/b10-7-,11-8-,12-9-,18-15-,19-16-,20-17-,24-21-,28-25-,29-26-,32-31-,33-27-,41-38-. The molecule has 0 aromatic heterocycles. The Labute approximate surface area is 417 Å². The van der Waals surface area contributed by atoms with Crippen molar-refractivity contribution < 1.29 is 28.6 Å². The molecule has 0 fully saturated rings. The first kappa shape index (κ1) is 63.3. The lowest BCUT2D eigenvalue weighted by molar-refractivity contribution is -0.167. The number of carbonyl (C=O) groups is 3. The molecule has 380 valence electrons. The van der Waals surface area contributed by atoms with Gasteiger partial charge in [0.25, 0.3) is 0 Å². The highest BCUT2D eigenvalue weighted by atomic mass is 16.6. The van der Waals surface area contributed by atoms with E-state index >= 15 is 0 Å². The molecule has 0 rings (SSSR count). The molecule has 0 saturated heterocycles. The Morgan fingerprint density at radius 1 is 0.309 bits per heavy atom. The topological polar surface area (TPSA) is 78.9 Å². The molecule has 0 N–H and O–H groups in total. The minimum Gasteiger partial charge on any atom is -0.462 e. The predicted molar refractivity (Wildman–Crippen MR) is 292 cm³/mol. The maximum absolute atomic E-state index is 12.8. The largest absolute Gasteiger partial charge is 0.462 e. The molecule has 0 aliphatic rings. The lowest BCUT2D eigenvalue weighted by Gasteiger charge is -2.18. The predicted octanol–water partition coefficient (Wildman–Crippen LogP) is 18.0. The maximum Gasteiger partial charge on any atom is 0.306 e. The van der Waals surface area contributed by atoms with E-state index < -0.39 is 6.10 Å². The molecular formula is C62H96O6. The van der Waals surface area contributed by atoms with Gasteiger partial charge < -0.3 is 14.2 Å². The maximum atomic E-state index is 12.8. The number of hydrogen-bond acceptors (Lipinski definition) is 6. The first-order valence-electron chi connectivity index (χ1n) is 26.9. The quantitative estimate of drug-likeness (QED) is 0.0199. The zero-order chi connectivity index (χ0) is 49.3. The molecule has 0 heterocycles. The van der Waals surface area contributed by atoms with Crippen LogP contribution in [0.3, 0.4) is 0 Å². The number of hydrogen-bond donors (Lipinski definition) is 0. The summed E-state index contributed by atoms with van der Waals surface area (Å²) in [5.41, 5.74) is 0. The van der Waals surface area contributed by atoms with Gasteiger partial charge in [-0.15, -0.1) is 0 Å². The van der Waals surface area contributed by atoms with Crippen LogP contribution in [0.4, 0.5) is 0 Å². The van der Waals surface area contributed by atoms with Crippen LogP contribution < -0.4 is 0 Å². The Balaban J connectivity index is 4.53. The summed E-state index contributed by atoms with van der Waals surface area (Å²) >= 11 is 0. The van der Waals surface area contributed by atoms with Crippen molar-refractivity contribution in [1.29, 1.82) is 0 Å². The molecule has 6 heteroatoms. The molecule has 0 bridgehead atoms. The lowest BCUT2D eigenvalue weighted by Crippen LogP contribution is -2.30. The Morgan fingerprint density at radius 2 is 0.603 bits per heavy atom. The normalized spacial score (nSPS) is 13.3. The van der Waals surface area contributed by atoms with Crippen molar-refractivity contribution in [1.82, 2.24) is 0 Å². The van der Waals surface area contributed by atoms with Crippen LogP contribution in [0.25, 0.3) is 0 Å². The van der Waals surface area contributed by atoms with Gasteiger partial charge in [-0.3, -0.25) is 14.4 Å². The molecule has 0 aliphatic carbocycles. The van der Waals surface area contributed by atoms with E-state index in [2.05, 4.69) is 142 Å². The third kappa shape index (κ3) is 52.3. The van der Waals surface area contributed by atoms with E-state index in [1.165, 1.54) is 12.8 Å². The molecule has 6 nitrogen and oxygen atoms in total. The second-order valence-electron chi connectivity index (χ2n) is 17.1. The van der Waals surface area contributed by atoms with E-state index in [9.17, 15) is 14.4 Å². The van der Waals surface area contributed by atoms with E-state index in [1.807, 2.05) is 24.3 Å². The minimum absolute atomic E-state index is 0.113. The molecule has 68 heavy (non-hydrogen) atoms. The molecule has 0 amide bonds. The van der Waals surface area contributed by atoms with E-state index in [1.54, 1.807) is 0 Å². The molecule has 0 saturated carbocycles. The van der Waals surface area contributed by atoms with Crippen molar-refractivity contribution in [3.8, 4) is 0 Å². The number of esters is 3. The van der Waals surface area contributed by atoms with Crippen molar-refractivity contribution in [2.24, 2.45) is 0 Å². The molecular weight excluding hydrogens is 841 g/mol. The van der Waals surface area contributed by atoms with Crippen LogP contribution >= 0.6 is 0 Å². The van der Waals surface area contributed by atoms with Crippen LogP contribution in [-0.2, 0) is 28.6 Å².